The van der Waals surface area contributed by atoms with E-state index in [0.717, 1.165) is 21.8 Å². The van der Waals surface area contributed by atoms with E-state index in [2.05, 4.69) is 5.32 Å². The lowest BCUT2D eigenvalue weighted by molar-refractivity contribution is -0.885. The Balaban J connectivity index is 1.91. The number of likely N-dealkylation sites (N-methyl/N-ethyl adjacent to an activating group) is 1. The van der Waals surface area contributed by atoms with Gasteiger partial charge in [-0.15, -0.1) is 0 Å². The smallest absolute Gasteiger partial charge is 0.275 e. The van der Waals surface area contributed by atoms with E-state index in [1.54, 1.807) is 14.2 Å². The van der Waals surface area contributed by atoms with E-state index in [1.807, 2.05) is 56.4 Å². The van der Waals surface area contributed by atoms with E-state index in [4.69, 9.17) is 9.47 Å². The number of benzene rings is 2. The van der Waals surface area contributed by atoms with Crippen LogP contribution in [-0.4, -0.2) is 33.7 Å². The number of methoxy groups -OCH3 is 2. The molecule has 1 unspecified atom stereocenters. The van der Waals surface area contributed by atoms with Crippen molar-refractivity contribution in [3.05, 3.63) is 59.2 Å². The summed E-state index contributed by atoms with van der Waals surface area (Å²) in [5.74, 6) is 1.46. The lowest BCUT2D eigenvalue weighted by atomic mass is 10.1. The molecule has 2 N–H and O–H groups in total. The Bertz CT molecular complexity index is 716. The van der Waals surface area contributed by atoms with Gasteiger partial charge in [0, 0.05) is 6.54 Å². The minimum atomic E-state index is 0.0302. The lowest BCUT2D eigenvalue weighted by Crippen LogP contribution is -3.08. The average molecular weight is 343 g/mol. The summed E-state index contributed by atoms with van der Waals surface area (Å²) in [4.78, 5) is 13.3. The number of rotatable bonds is 8. The molecular weight excluding hydrogens is 316 g/mol. The van der Waals surface area contributed by atoms with Crippen LogP contribution >= 0.6 is 0 Å². The highest BCUT2D eigenvalue weighted by Crippen LogP contribution is 2.29. The number of hydrogen-bond acceptors (Lipinski definition) is 3. The minimum absolute atomic E-state index is 0.0302. The Kier molecular flexibility index (Phi) is 6.83. The normalized spacial score (nSPS) is 11.7. The fourth-order valence-corrected chi connectivity index (χ4v) is 2.82. The first-order valence-electron chi connectivity index (χ1n) is 8.37. The number of amides is 1. The van der Waals surface area contributed by atoms with Crippen molar-refractivity contribution >= 4 is 5.91 Å². The van der Waals surface area contributed by atoms with Crippen LogP contribution in [-0.2, 0) is 17.9 Å². The van der Waals surface area contributed by atoms with Crippen LogP contribution in [0.5, 0.6) is 11.5 Å². The highest BCUT2D eigenvalue weighted by atomic mass is 16.5. The maximum absolute atomic E-state index is 12.2. The largest absolute Gasteiger partial charge is 0.493 e. The summed E-state index contributed by atoms with van der Waals surface area (Å²) in [5, 5.41) is 2.99. The topological polar surface area (TPSA) is 52.0 Å². The van der Waals surface area contributed by atoms with E-state index < -0.39 is 0 Å². The maximum Gasteiger partial charge on any atom is 0.275 e. The van der Waals surface area contributed by atoms with Gasteiger partial charge in [-0.2, -0.15) is 0 Å². The minimum Gasteiger partial charge on any atom is -0.493 e. The summed E-state index contributed by atoms with van der Waals surface area (Å²) in [6.45, 7) is 3.68. The molecule has 0 aliphatic heterocycles. The number of carbonyl (C=O) groups is 1. The van der Waals surface area contributed by atoms with Crippen LogP contribution in [0.4, 0.5) is 0 Å². The predicted octanol–water partition coefficient (Wildman–Crippen LogP) is 1.34. The molecule has 0 bridgehead atoms. The summed E-state index contributed by atoms with van der Waals surface area (Å²) in [6, 6.07) is 13.9. The van der Waals surface area contributed by atoms with Gasteiger partial charge >= 0.3 is 0 Å². The number of para-hydroxylation sites is 1. The maximum atomic E-state index is 12.2. The summed E-state index contributed by atoms with van der Waals surface area (Å²) in [6.07, 6.45) is 0. The van der Waals surface area contributed by atoms with Crippen molar-refractivity contribution in [2.24, 2.45) is 0 Å². The van der Waals surface area contributed by atoms with Gasteiger partial charge in [-0.1, -0.05) is 30.3 Å². The zero-order valence-electron chi connectivity index (χ0n) is 15.4. The van der Waals surface area contributed by atoms with Crippen LogP contribution in [0.25, 0.3) is 0 Å². The molecule has 25 heavy (non-hydrogen) atoms. The molecule has 0 heterocycles. The predicted molar refractivity (Wildman–Crippen MR) is 98.0 cm³/mol. The van der Waals surface area contributed by atoms with Crippen molar-refractivity contribution in [2.45, 2.75) is 20.0 Å². The van der Waals surface area contributed by atoms with E-state index in [-0.39, 0.29) is 5.91 Å². The van der Waals surface area contributed by atoms with Crippen LogP contribution in [0.3, 0.4) is 0 Å². The number of hydrogen-bond donors (Lipinski definition) is 2. The monoisotopic (exact) mass is 343 g/mol. The molecule has 0 aliphatic carbocycles. The van der Waals surface area contributed by atoms with Crippen LogP contribution in [0.2, 0.25) is 0 Å². The van der Waals surface area contributed by atoms with Gasteiger partial charge in [0.15, 0.2) is 18.0 Å². The SMILES string of the molecule is COc1cccc(C[NH+](C)CC(=O)NCc2ccccc2C)c1OC. The molecule has 5 heteroatoms. The van der Waals surface area contributed by atoms with Crippen molar-refractivity contribution < 1.29 is 19.2 Å². The number of carbonyl (C=O) groups excluding carboxylic acids is 1. The summed E-state index contributed by atoms with van der Waals surface area (Å²) in [7, 11) is 5.25. The average Bonchev–Trinajstić information content (AvgIpc) is 2.60. The third-order valence-corrected chi connectivity index (χ3v) is 4.18. The van der Waals surface area contributed by atoms with Crippen LogP contribution in [0, 0.1) is 6.92 Å². The summed E-state index contributed by atoms with van der Waals surface area (Å²) >= 11 is 0. The molecular formula is C20H27N2O3+. The third kappa shape index (κ3) is 5.22. The molecule has 0 fully saturated rings. The van der Waals surface area contributed by atoms with Crippen molar-refractivity contribution in [2.75, 3.05) is 27.8 Å². The van der Waals surface area contributed by atoms with Gasteiger partial charge in [0.05, 0.1) is 26.8 Å². The van der Waals surface area contributed by atoms with Crippen LogP contribution in [0.1, 0.15) is 16.7 Å². The van der Waals surface area contributed by atoms with Gasteiger partial charge in [0.2, 0.25) is 0 Å². The van der Waals surface area contributed by atoms with Crippen molar-refractivity contribution in [3.63, 3.8) is 0 Å². The molecule has 0 spiro atoms. The number of aryl methyl sites for hydroxylation is 1. The first kappa shape index (κ1) is 18.8. The standard InChI is InChI=1S/C20H26N2O3/c1-15-8-5-6-9-16(15)12-21-19(23)14-22(2)13-17-10-7-11-18(24-3)20(17)25-4/h5-11H,12-14H2,1-4H3,(H,21,23)/p+1. The molecule has 0 radical (unpaired) electrons. The highest BCUT2D eigenvalue weighted by Gasteiger charge is 2.16. The fraction of sp³-hybridized carbons (Fsp3) is 0.350. The molecule has 0 saturated carbocycles. The molecule has 0 aromatic heterocycles. The Labute approximate surface area is 149 Å². The zero-order chi connectivity index (χ0) is 18.2. The molecule has 2 rings (SSSR count). The van der Waals surface area contributed by atoms with Gasteiger partial charge in [0.1, 0.15) is 6.54 Å². The van der Waals surface area contributed by atoms with Gasteiger partial charge < -0.3 is 19.7 Å². The van der Waals surface area contributed by atoms with Crippen molar-refractivity contribution in [3.8, 4) is 11.5 Å². The van der Waals surface area contributed by atoms with E-state index in [1.165, 1.54) is 5.56 Å². The van der Waals surface area contributed by atoms with Crippen LogP contribution in [0.15, 0.2) is 42.5 Å². The van der Waals surface area contributed by atoms with Crippen molar-refractivity contribution in [1.82, 2.24) is 5.32 Å². The van der Waals surface area contributed by atoms with Gasteiger partial charge in [-0.25, -0.2) is 0 Å². The molecule has 1 atom stereocenters. The Morgan fingerprint density at radius 3 is 2.44 bits per heavy atom. The summed E-state index contributed by atoms with van der Waals surface area (Å²) in [5.41, 5.74) is 3.35. The molecule has 5 nitrogen and oxygen atoms in total. The number of ether oxygens (including phenoxy) is 2. The van der Waals surface area contributed by atoms with Gasteiger partial charge in [0.25, 0.3) is 5.91 Å². The van der Waals surface area contributed by atoms with Gasteiger partial charge in [-0.05, 0) is 30.2 Å². The second-order valence-electron chi connectivity index (χ2n) is 6.17. The number of nitrogens with one attached hydrogen (secondary N) is 2. The highest BCUT2D eigenvalue weighted by molar-refractivity contribution is 5.76. The van der Waals surface area contributed by atoms with E-state index in [0.29, 0.717) is 25.4 Å². The fourth-order valence-electron chi connectivity index (χ4n) is 2.82. The number of quaternary nitrogens is 1. The molecule has 1 amide bonds. The Morgan fingerprint density at radius 2 is 1.76 bits per heavy atom. The lowest BCUT2D eigenvalue weighted by Gasteiger charge is -2.17. The quantitative estimate of drug-likeness (QED) is 0.761. The molecule has 0 saturated heterocycles. The first-order valence-corrected chi connectivity index (χ1v) is 8.37. The third-order valence-electron chi connectivity index (χ3n) is 4.18. The molecule has 2 aromatic rings. The molecule has 134 valence electrons. The zero-order valence-corrected chi connectivity index (χ0v) is 15.4. The van der Waals surface area contributed by atoms with E-state index >= 15 is 0 Å². The Hall–Kier alpha value is -2.53. The second-order valence-corrected chi connectivity index (χ2v) is 6.17. The molecule has 2 aromatic carbocycles. The van der Waals surface area contributed by atoms with E-state index in [9.17, 15) is 4.79 Å². The molecule has 0 aliphatic rings. The first-order chi connectivity index (χ1) is 12.0. The Morgan fingerprint density at radius 1 is 1.04 bits per heavy atom. The van der Waals surface area contributed by atoms with Crippen molar-refractivity contribution in [1.29, 1.82) is 0 Å². The van der Waals surface area contributed by atoms with Gasteiger partial charge in [-0.3, -0.25) is 4.79 Å². The van der Waals surface area contributed by atoms with Crippen LogP contribution < -0.4 is 19.7 Å². The summed E-state index contributed by atoms with van der Waals surface area (Å²) < 4.78 is 10.8. The second kappa shape index (κ2) is 9.08.